The summed E-state index contributed by atoms with van der Waals surface area (Å²) in [5.41, 5.74) is 1.07. The first-order valence-electron chi connectivity index (χ1n) is 7.25. The second-order valence-corrected chi connectivity index (χ2v) is 9.84. The number of benzene rings is 1. The van der Waals surface area contributed by atoms with E-state index in [4.69, 9.17) is 0 Å². The lowest BCUT2D eigenvalue weighted by Crippen LogP contribution is -2.37. The lowest BCUT2D eigenvalue weighted by atomic mass is 10.2. The molecule has 0 spiro atoms. The van der Waals surface area contributed by atoms with E-state index in [1.807, 2.05) is 0 Å². The van der Waals surface area contributed by atoms with Crippen LogP contribution in [0.25, 0.3) is 0 Å². The predicted molar refractivity (Wildman–Crippen MR) is 89.8 cm³/mol. The summed E-state index contributed by atoms with van der Waals surface area (Å²) in [6.45, 7) is 0.461. The van der Waals surface area contributed by atoms with Crippen molar-refractivity contribution in [1.29, 1.82) is 0 Å². The molecule has 0 bridgehead atoms. The predicted octanol–water partition coefficient (Wildman–Crippen LogP) is 0.990. The van der Waals surface area contributed by atoms with Crippen molar-refractivity contribution in [3.8, 4) is 0 Å². The molecule has 1 fully saturated rings. The van der Waals surface area contributed by atoms with Crippen LogP contribution in [0, 0.1) is 0 Å². The van der Waals surface area contributed by atoms with Gasteiger partial charge in [0.1, 0.15) is 9.84 Å². The number of hydrogen-bond donors (Lipinski definition) is 1. The summed E-state index contributed by atoms with van der Waals surface area (Å²) in [7, 11) is -6.44. The number of nitrogens with one attached hydrogen (secondary N) is 1. The van der Waals surface area contributed by atoms with Crippen LogP contribution in [0.1, 0.15) is 19.3 Å². The average Bonchev–Trinajstić information content (AvgIpc) is 2.45. The van der Waals surface area contributed by atoms with Crippen LogP contribution in [0.2, 0.25) is 0 Å². The summed E-state index contributed by atoms with van der Waals surface area (Å²) in [5, 5.41) is 2.59. The van der Waals surface area contributed by atoms with Gasteiger partial charge in [-0.25, -0.2) is 16.8 Å². The molecule has 1 aliphatic heterocycles. The SMILES string of the molecule is CS(=O)(=O)CCC(=O)Nc1ccc(N2CCCCS2(=O)=O)cc1. The van der Waals surface area contributed by atoms with E-state index >= 15 is 0 Å². The topological polar surface area (TPSA) is 101 Å². The molecule has 0 radical (unpaired) electrons. The molecule has 9 heteroatoms. The van der Waals surface area contributed by atoms with E-state index in [1.165, 1.54) is 4.31 Å². The van der Waals surface area contributed by atoms with Gasteiger partial charge in [-0.1, -0.05) is 0 Å². The number of carbonyl (C=O) groups is 1. The van der Waals surface area contributed by atoms with Crippen molar-refractivity contribution in [2.75, 3.05) is 33.9 Å². The zero-order valence-corrected chi connectivity index (χ0v) is 14.5. The summed E-state index contributed by atoms with van der Waals surface area (Å²) >= 11 is 0. The van der Waals surface area contributed by atoms with Crippen LogP contribution in [-0.4, -0.2) is 47.0 Å². The molecule has 0 saturated carbocycles. The van der Waals surface area contributed by atoms with E-state index in [0.717, 1.165) is 12.7 Å². The minimum atomic E-state index is -3.26. The van der Waals surface area contributed by atoms with E-state index in [9.17, 15) is 21.6 Å². The molecule has 2 rings (SSSR count). The Balaban J connectivity index is 2.01. The van der Waals surface area contributed by atoms with Crippen LogP contribution < -0.4 is 9.62 Å². The van der Waals surface area contributed by atoms with E-state index < -0.39 is 25.8 Å². The van der Waals surface area contributed by atoms with Crippen LogP contribution in [0.3, 0.4) is 0 Å². The fourth-order valence-electron chi connectivity index (χ4n) is 2.29. The highest BCUT2D eigenvalue weighted by molar-refractivity contribution is 7.92. The summed E-state index contributed by atoms with van der Waals surface area (Å²) in [6.07, 6.45) is 2.46. The fraction of sp³-hybridized carbons (Fsp3) is 0.500. The third-order valence-electron chi connectivity index (χ3n) is 3.49. The van der Waals surface area contributed by atoms with Gasteiger partial charge in [-0.05, 0) is 37.1 Å². The highest BCUT2D eigenvalue weighted by Crippen LogP contribution is 2.24. The maximum Gasteiger partial charge on any atom is 0.235 e. The number of anilines is 2. The summed E-state index contributed by atoms with van der Waals surface area (Å²) < 4.78 is 47.5. The second-order valence-electron chi connectivity index (χ2n) is 5.57. The number of sulfonamides is 1. The minimum Gasteiger partial charge on any atom is -0.326 e. The van der Waals surface area contributed by atoms with Gasteiger partial charge in [-0.3, -0.25) is 9.10 Å². The van der Waals surface area contributed by atoms with Gasteiger partial charge in [-0.2, -0.15) is 0 Å². The average molecular weight is 360 g/mol. The van der Waals surface area contributed by atoms with Gasteiger partial charge < -0.3 is 5.32 Å². The molecule has 1 aromatic carbocycles. The van der Waals surface area contributed by atoms with Crippen molar-refractivity contribution in [1.82, 2.24) is 0 Å². The molecule has 0 aliphatic carbocycles. The quantitative estimate of drug-likeness (QED) is 0.844. The third kappa shape index (κ3) is 5.21. The summed E-state index contributed by atoms with van der Waals surface area (Å²) in [6, 6.07) is 6.49. The number of amides is 1. The van der Waals surface area contributed by atoms with E-state index in [-0.39, 0.29) is 17.9 Å². The fourth-order valence-corrected chi connectivity index (χ4v) is 4.49. The molecule has 1 amide bonds. The van der Waals surface area contributed by atoms with E-state index in [0.29, 0.717) is 24.3 Å². The Kier molecular flexibility index (Phi) is 5.30. The van der Waals surface area contributed by atoms with Crippen LogP contribution in [0.5, 0.6) is 0 Å². The van der Waals surface area contributed by atoms with Crippen LogP contribution in [-0.2, 0) is 24.7 Å². The van der Waals surface area contributed by atoms with Crippen molar-refractivity contribution in [2.24, 2.45) is 0 Å². The lowest BCUT2D eigenvalue weighted by molar-refractivity contribution is -0.115. The smallest absolute Gasteiger partial charge is 0.235 e. The molecule has 0 aromatic heterocycles. The monoisotopic (exact) mass is 360 g/mol. The minimum absolute atomic E-state index is 0.110. The molecule has 1 N–H and O–H groups in total. The molecule has 0 atom stereocenters. The van der Waals surface area contributed by atoms with Crippen molar-refractivity contribution in [3.05, 3.63) is 24.3 Å². The molecule has 1 heterocycles. The van der Waals surface area contributed by atoms with E-state index in [2.05, 4.69) is 5.32 Å². The Hall–Kier alpha value is -1.61. The number of carbonyl (C=O) groups excluding carboxylic acids is 1. The Bertz CT molecular complexity index is 770. The molecular formula is C14H20N2O5S2. The zero-order chi connectivity index (χ0) is 17.1. The zero-order valence-electron chi connectivity index (χ0n) is 12.9. The van der Waals surface area contributed by atoms with Crippen LogP contribution >= 0.6 is 0 Å². The first-order chi connectivity index (χ1) is 10.7. The second kappa shape index (κ2) is 6.88. The van der Waals surface area contributed by atoms with Gasteiger partial charge in [0.25, 0.3) is 0 Å². The Labute approximate surface area is 136 Å². The molecular weight excluding hydrogens is 340 g/mol. The molecule has 128 valence electrons. The van der Waals surface area contributed by atoms with Crippen molar-refractivity contribution in [3.63, 3.8) is 0 Å². The van der Waals surface area contributed by atoms with Gasteiger partial charge in [-0.15, -0.1) is 0 Å². The van der Waals surface area contributed by atoms with Gasteiger partial charge >= 0.3 is 0 Å². The Morgan fingerprint density at radius 1 is 1.22 bits per heavy atom. The number of nitrogens with zero attached hydrogens (tertiary/aromatic N) is 1. The van der Waals surface area contributed by atoms with Crippen molar-refractivity contribution >= 4 is 37.1 Å². The van der Waals surface area contributed by atoms with Crippen molar-refractivity contribution in [2.45, 2.75) is 19.3 Å². The van der Waals surface area contributed by atoms with Crippen LogP contribution in [0.15, 0.2) is 24.3 Å². The highest BCUT2D eigenvalue weighted by atomic mass is 32.2. The molecule has 1 aliphatic rings. The van der Waals surface area contributed by atoms with Gasteiger partial charge in [0.2, 0.25) is 15.9 Å². The summed E-state index contributed by atoms with van der Waals surface area (Å²) in [4.78, 5) is 11.7. The van der Waals surface area contributed by atoms with Gasteiger partial charge in [0.05, 0.1) is 17.2 Å². The highest BCUT2D eigenvalue weighted by Gasteiger charge is 2.25. The van der Waals surface area contributed by atoms with E-state index in [1.54, 1.807) is 24.3 Å². The molecule has 1 aromatic rings. The van der Waals surface area contributed by atoms with Gasteiger partial charge in [0.15, 0.2) is 0 Å². The maximum atomic E-state index is 12.0. The Morgan fingerprint density at radius 3 is 2.43 bits per heavy atom. The largest absolute Gasteiger partial charge is 0.326 e. The van der Waals surface area contributed by atoms with Crippen molar-refractivity contribution < 1.29 is 21.6 Å². The van der Waals surface area contributed by atoms with Crippen LogP contribution in [0.4, 0.5) is 11.4 Å². The number of rotatable bonds is 5. The lowest BCUT2D eigenvalue weighted by Gasteiger charge is -2.28. The first kappa shape index (κ1) is 17.7. The number of sulfone groups is 1. The normalized spacial score (nSPS) is 17.7. The Morgan fingerprint density at radius 2 is 1.87 bits per heavy atom. The number of hydrogen-bond acceptors (Lipinski definition) is 5. The maximum absolute atomic E-state index is 12.0. The first-order valence-corrected chi connectivity index (χ1v) is 10.9. The molecule has 7 nitrogen and oxygen atoms in total. The molecule has 1 saturated heterocycles. The summed E-state index contributed by atoms with van der Waals surface area (Å²) in [5.74, 6) is -0.450. The molecule has 0 unspecified atom stereocenters. The third-order valence-corrected chi connectivity index (χ3v) is 6.30. The molecule has 23 heavy (non-hydrogen) atoms. The van der Waals surface area contributed by atoms with Gasteiger partial charge in [0, 0.05) is 24.9 Å². The standard InChI is InChI=1S/C14H20N2O5S2/c1-22(18,19)11-8-14(17)15-12-4-6-13(7-5-12)16-9-2-3-10-23(16,20)21/h4-7H,2-3,8-11H2,1H3,(H,15,17).